The van der Waals surface area contributed by atoms with E-state index >= 15 is 0 Å². The van der Waals surface area contributed by atoms with Crippen molar-refractivity contribution in [1.82, 2.24) is 10.3 Å². The van der Waals surface area contributed by atoms with Gasteiger partial charge in [-0.25, -0.2) is 4.98 Å². The number of aryl methyl sites for hydroxylation is 1. The Labute approximate surface area is 115 Å². The van der Waals surface area contributed by atoms with Gasteiger partial charge in [-0.05, 0) is 26.3 Å². The van der Waals surface area contributed by atoms with Crippen molar-refractivity contribution in [2.45, 2.75) is 59.1 Å². The molecule has 0 amide bonds. The zero-order valence-corrected chi connectivity index (χ0v) is 12.9. The van der Waals surface area contributed by atoms with Crippen LogP contribution in [0, 0.1) is 0 Å². The zero-order valence-electron chi connectivity index (χ0n) is 12.1. The molecule has 1 unspecified atom stereocenters. The first kappa shape index (κ1) is 15.6. The summed E-state index contributed by atoms with van der Waals surface area (Å²) in [4.78, 5) is 6.17. The highest BCUT2D eigenvalue weighted by Gasteiger charge is 2.12. The van der Waals surface area contributed by atoms with Gasteiger partial charge in [0, 0.05) is 25.0 Å². The van der Waals surface area contributed by atoms with Crippen molar-refractivity contribution in [3.8, 4) is 0 Å². The molecular formula is C14H26N2OS. The van der Waals surface area contributed by atoms with E-state index in [0.717, 1.165) is 32.4 Å². The second kappa shape index (κ2) is 8.62. The molecule has 0 spiro atoms. The molecule has 0 aliphatic rings. The SMILES string of the molecule is CCCNCc1sc(CC(C)OC)nc1CCC. The van der Waals surface area contributed by atoms with Crippen LogP contribution in [0.25, 0.3) is 0 Å². The molecule has 0 radical (unpaired) electrons. The molecule has 104 valence electrons. The number of nitrogens with zero attached hydrogens (tertiary/aromatic N) is 1. The van der Waals surface area contributed by atoms with Crippen molar-refractivity contribution in [1.29, 1.82) is 0 Å². The van der Waals surface area contributed by atoms with Gasteiger partial charge in [0.05, 0.1) is 16.8 Å². The van der Waals surface area contributed by atoms with Gasteiger partial charge < -0.3 is 10.1 Å². The third-order valence-corrected chi connectivity index (χ3v) is 4.01. The van der Waals surface area contributed by atoms with E-state index in [0.29, 0.717) is 0 Å². The first-order valence-corrected chi connectivity index (χ1v) is 7.73. The average molecular weight is 270 g/mol. The molecule has 1 aromatic rings. The molecule has 1 rings (SSSR count). The highest BCUT2D eigenvalue weighted by Crippen LogP contribution is 2.21. The summed E-state index contributed by atoms with van der Waals surface area (Å²) in [5.74, 6) is 0. The number of ether oxygens (including phenoxy) is 1. The van der Waals surface area contributed by atoms with E-state index in [-0.39, 0.29) is 6.10 Å². The quantitative estimate of drug-likeness (QED) is 0.700. The van der Waals surface area contributed by atoms with Crippen molar-refractivity contribution < 1.29 is 4.74 Å². The maximum atomic E-state index is 5.31. The van der Waals surface area contributed by atoms with Crippen LogP contribution in [0.1, 0.15) is 49.2 Å². The normalized spacial score (nSPS) is 12.9. The number of hydrogen-bond donors (Lipinski definition) is 1. The molecule has 0 aliphatic heterocycles. The number of thiazole rings is 1. The summed E-state index contributed by atoms with van der Waals surface area (Å²) in [5.41, 5.74) is 1.28. The second-order valence-electron chi connectivity index (χ2n) is 4.65. The molecule has 18 heavy (non-hydrogen) atoms. The highest BCUT2D eigenvalue weighted by atomic mass is 32.1. The smallest absolute Gasteiger partial charge is 0.0957 e. The van der Waals surface area contributed by atoms with Gasteiger partial charge in [0.15, 0.2) is 0 Å². The fourth-order valence-electron chi connectivity index (χ4n) is 1.80. The van der Waals surface area contributed by atoms with Crippen LogP contribution in [0.2, 0.25) is 0 Å². The second-order valence-corrected chi connectivity index (χ2v) is 5.82. The lowest BCUT2D eigenvalue weighted by molar-refractivity contribution is 0.118. The number of aromatic nitrogens is 1. The van der Waals surface area contributed by atoms with Crippen LogP contribution < -0.4 is 5.32 Å². The molecular weight excluding hydrogens is 244 g/mol. The minimum atomic E-state index is 0.252. The van der Waals surface area contributed by atoms with Gasteiger partial charge in [0.2, 0.25) is 0 Å². The molecule has 3 nitrogen and oxygen atoms in total. The highest BCUT2D eigenvalue weighted by molar-refractivity contribution is 7.11. The monoisotopic (exact) mass is 270 g/mol. The molecule has 0 fully saturated rings. The van der Waals surface area contributed by atoms with Crippen LogP contribution in [0.4, 0.5) is 0 Å². The first-order valence-electron chi connectivity index (χ1n) is 6.92. The molecule has 0 saturated carbocycles. The lowest BCUT2D eigenvalue weighted by atomic mass is 10.2. The summed E-state index contributed by atoms with van der Waals surface area (Å²) in [6.45, 7) is 8.53. The van der Waals surface area contributed by atoms with Crippen molar-refractivity contribution in [2.24, 2.45) is 0 Å². The Morgan fingerprint density at radius 2 is 2.11 bits per heavy atom. The van der Waals surface area contributed by atoms with Crippen LogP contribution in [-0.4, -0.2) is 24.7 Å². The van der Waals surface area contributed by atoms with Crippen LogP contribution in [0.5, 0.6) is 0 Å². The Bertz CT molecular complexity index is 339. The summed E-state index contributed by atoms with van der Waals surface area (Å²) >= 11 is 1.84. The predicted octanol–water partition coefficient (Wildman–Crippen LogP) is 3.17. The number of nitrogens with one attached hydrogen (secondary N) is 1. The minimum Gasteiger partial charge on any atom is -0.381 e. The molecule has 0 bridgehead atoms. The molecule has 1 N–H and O–H groups in total. The van der Waals surface area contributed by atoms with Crippen LogP contribution in [0.15, 0.2) is 0 Å². The first-order chi connectivity index (χ1) is 8.71. The zero-order chi connectivity index (χ0) is 13.4. The Balaban J connectivity index is 2.66. The van der Waals surface area contributed by atoms with Crippen molar-refractivity contribution in [2.75, 3.05) is 13.7 Å². The lowest BCUT2D eigenvalue weighted by Gasteiger charge is -2.05. The Morgan fingerprint density at radius 3 is 2.72 bits per heavy atom. The molecule has 1 heterocycles. The van der Waals surface area contributed by atoms with E-state index in [9.17, 15) is 0 Å². The van der Waals surface area contributed by atoms with Gasteiger partial charge >= 0.3 is 0 Å². The third-order valence-electron chi connectivity index (χ3n) is 2.89. The number of hydrogen-bond acceptors (Lipinski definition) is 4. The molecule has 1 aromatic heterocycles. The molecule has 0 saturated heterocycles. The Hall–Kier alpha value is -0.450. The summed E-state index contributed by atoms with van der Waals surface area (Å²) in [5, 5.41) is 4.68. The third kappa shape index (κ3) is 5.04. The topological polar surface area (TPSA) is 34.1 Å². The average Bonchev–Trinajstić information content (AvgIpc) is 2.72. The van der Waals surface area contributed by atoms with E-state index in [2.05, 4.69) is 26.1 Å². The van der Waals surface area contributed by atoms with E-state index < -0.39 is 0 Å². The van der Waals surface area contributed by atoms with Crippen molar-refractivity contribution >= 4 is 11.3 Å². The summed E-state index contributed by atoms with van der Waals surface area (Å²) in [7, 11) is 1.76. The van der Waals surface area contributed by atoms with E-state index in [4.69, 9.17) is 9.72 Å². The largest absolute Gasteiger partial charge is 0.381 e. The summed E-state index contributed by atoms with van der Waals surface area (Å²) in [6, 6.07) is 0. The molecule has 0 aliphatic carbocycles. The number of rotatable bonds is 9. The van der Waals surface area contributed by atoms with Crippen molar-refractivity contribution in [3.05, 3.63) is 15.6 Å². The van der Waals surface area contributed by atoms with Crippen LogP contribution in [-0.2, 0) is 24.1 Å². The van der Waals surface area contributed by atoms with Crippen LogP contribution in [0.3, 0.4) is 0 Å². The van der Waals surface area contributed by atoms with E-state index in [1.54, 1.807) is 7.11 Å². The summed E-state index contributed by atoms with van der Waals surface area (Å²) < 4.78 is 5.31. The predicted molar refractivity (Wildman–Crippen MR) is 78.3 cm³/mol. The Morgan fingerprint density at radius 1 is 1.33 bits per heavy atom. The van der Waals surface area contributed by atoms with Gasteiger partial charge in [0.1, 0.15) is 0 Å². The van der Waals surface area contributed by atoms with Crippen LogP contribution >= 0.6 is 11.3 Å². The molecule has 4 heteroatoms. The van der Waals surface area contributed by atoms with Gasteiger partial charge in [0.25, 0.3) is 0 Å². The van der Waals surface area contributed by atoms with Gasteiger partial charge in [-0.15, -0.1) is 11.3 Å². The minimum absolute atomic E-state index is 0.252. The van der Waals surface area contributed by atoms with Gasteiger partial charge in [-0.3, -0.25) is 0 Å². The van der Waals surface area contributed by atoms with Crippen molar-refractivity contribution in [3.63, 3.8) is 0 Å². The fourth-order valence-corrected chi connectivity index (χ4v) is 3.00. The molecule has 0 aromatic carbocycles. The lowest BCUT2D eigenvalue weighted by Crippen LogP contribution is -2.13. The maximum Gasteiger partial charge on any atom is 0.0957 e. The standard InChI is InChI=1S/C14H26N2OS/c1-5-7-12-13(10-15-8-6-2)18-14(16-12)9-11(3)17-4/h11,15H,5-10H2,1-4H3. The maximum absolute atomic E-state index is 5.31. The summed E-state index contributed by atoms with van der Waals surface area (Å²) in [6.07, 6.45) is 4.59. The van der Waals surface area contributed by atoms with Gasteiger partial charge in [-0.1, -0.05) is 20.3 Å². The number of methoxy groups -OCH3 is 1. The van der Waals surface area contributed by atoms with E-state index in [1.807, 2.05) is 11.3 Å². The van der Waals surface area contributed by atoms with E-state index in [1.165, 1.54) is 22.0 Å². The van der Waals surface area contributed by atoms with Gasteiger partial charge in [-0.2, -0.15) is 0 Å². The molecule has 1 atom stereocenters. The Kier molecular flexibility index (Phi) is 7.47. The fraction of sp³-hybridized carbons (Fsp3) is 0.786.